The highest BCUT2D eigenvalue weighted by atomic mass is 127. The first kappa shape index (κ1) is 25.6. The summed E-state index contributed by atoms with van der Waals surface area (Å²) in [6.07, 6.45) is 0. The maximum Gasteiger partial charge on any atom is 0.253 e. The van der Waals surface area contributed by atoms with Crippen molar-refractivity contribution in [3.63, 3.8) is 0 Å². The number of nitrogens with zero attached hydrogens (tertiary/aromatic N) is 3. The van der Waals surface area contributed by atoms with Crippen LogP contribution in [0, 0.1) is 0 Å². The van der Waals surface area contributed by atoms with Crippen molar-refractivity contribution in [3.05, 3.63) is 35.4 Å². The van der Waals surface area contributed by atoms with Crippen molar-refractivity contribution in [1.82, 2.24) is 20.4 Å². The lowest BCUT2D eigenvalue weighted by atomic mass is 10.0. The Kier molecular flexibility index (Phi) is 10.9. The van der Waals surface area contributed by atoms with Crippen molar-refractivity contribution in [2.45, 2.75) is 32.9 Å². The van der Waals surface area contributed by atoms with Crippen LogP contribution in [-0.2, 0) is 11.3 Å². The Morgan fingerprint density at radius 1 is 1.17 bits per heavy atom. The molecule has 1 amide bonds. The van der Waals surface area contributed by atoms with Gasteiger partial charge < -0.3 is 20.3 Å². The van der Waals surface area contributed by atoms with Crippen LogP contribution < -0.4 is 10.6 Å². The summed E-state index contributed by atoms with van der Waals surface area (Å²) >= 11 is 0. The summed E-state index contributed by atoms with van der Waals surface area (Å²) in [6, 6.07) is 7.63. The van der Waals surface area contributed by atoms with Gasteiger partial charge in [-0.3, -0.25) is 9.69 Å². The Balaban J connectivity index is 0.00000420. The summed E-state index contributed by atoms with van der Waals surface area (Å²) in [5.74, 6) is 0.813. The first-order chi connectivity index (χ1) is 13.3. The van der Waals surface area contributed by atoms with Crippen LogP contribution in [0.5, 0.6) is 0 Å². The van der Waals surface area contributed by atoms with Gasteiger partial charge in [0.2, 0.25) is 0 Å². The number of aliphatic imine (C=N–C) groups is 1. The summed E-state index contributed by atoms with van der Waals surface area (Å²) in [7, 11) is 3.51. The lowest BCUT2D eigenvalue weighted by Gasteiger charge is -2.41. The normalized spacial score (nSPS) is 15.4. The highest BCUT2D eigenvalue weighted by Gasteiger charge is 2.28. The molecule has 1 aliphatic heterocycles. The molecular formula is C21H36IN5O2. The Morgan fingerprint density at radius 3 is 2.34 bits per heavy atom. The van der Waals surface area contributed by atoms with E-state index in [9.17, 15) is 4.79 Å². The van der Waals surface area contributed by atoms with E-state index in [1.54, 1.807) is 19.0 Å². The second-order valence-electron chi connectivity index (χ2n) is 7.86. The highest BCUT2D eigenvalue weighted by molar-refractivity contribution is 14.0. The van der Waals surface area contributed by atoms with Gasteiger partial charge >= 0.3 is 0 Å². The van der Waals surface area contributed by atoms with Gasteiger partial charge in [0, 0.05) is 51.4 Å². The molecule has 1 aromatic carbocycles. The number of carbonyl (C=O) groups excluding carboxylic acids is 1. The average Bonchev–Trinajstić information content (AvgIpc) is 2.70. The highest BCUT2D eigenvalue weighted by Crippen LogP contribution is 2.15. The van der Waals surface area contributed by atoms with E-state index in [1.165, 1.54) is 0 Å². The number of nitrogens with one attached hydrogen (secondary N) is 2. The van der Waals surface area contributed by atoms with Crippen molar-refractivity contribution in [2.75, 3.05) is 53.5 Å². The summed E-state index contributed by atoms with van der Waals surface area (Å²) in [6.45, 7) is 12.2. The van der Waals surface area contributed by atoms with E-state index in [1.807, 2.05) is 24.3 Å². The van der Waals surface area contributed by atoms with E-state index in [0.29, 0.717) is 12.1 Å². The minimum atomic E-state index is 0. The zero-order valence-electron chi connectivity index (χ0n) is 18.3. The summed E-state index contributed by atoms with van der Waals surface area (Å²) in [4.78, 5) is 20.7. The molecule has 1 fully saturated rings. The van der Waals surface area contributed by atoms with Gasteiger partial charge in [-0.25, -0.2) is 4.99 Å². The van der Waals surface area contributed by atoms with Crippen molar-refractivity contribution >= 4 is 35.8 Å². The minimum absolute atomic E-state index is 0. The molecule has 0 aromatic heterocycles. The Labute approximate surface area is 192 Å². The zero-order chi connectivity index (χ0) is 20.6. The van der Waals surface area contributed by atoms with Crippen LogP contribution in [0.3, 0.4) is 0 Å². The van der Waals surface area contributed by atoms with E-state index >= 15 is 0 Å². The Bertz CT molecular complexity index is 656. The number of morpholine rings is 1. The standard InChI is InChI=1S/C21H35N5O2.HI/c1-6-22-20(24-16-21(2,3)26-11-13-28-14-12-26)23-15-17-7-9-18(10-8-17)19(27)25(4)5;/h7-10H,6,11-16H2,1-5H3,(H2,22,23,24);1H. The third kappa shape index (κ3) is 8.10. The van der Waals surface area contributed by atoms with Crippen molar-refractivity contribution in [2.24, 2.45) is 4.99 Å². The van der Waals surface area contributed by atoms with Gasteiger partial charge in [0.15, 0.2) is 5.96 Å². The number of ether oxygens (including phenoxy) is 1. The second-order valence-corrected chi connectivity index (χ2v) is 7.86. The second kappa shape index (κ2) is 12.3. The van der Waals surface area contributed by atoms with Crippen molar-refractivity contribution < 1.29 is 9.53 Å². The fourth-order valence-electron chi connectivity index (χ4n) is 3.10. The fourth-order valence-corrected chi connectivity index (χ4v) is 3.10. The van der Waals surface area contributed by atoms with Crippen LogP contribution in [0.15, 0.2) is 29.3 Å². The lowest BCUT2D eigenvalue weighted by molar-refractivity contribution is -0.00834. The third-order valence-corrected chi connectivity index (χ3v) is 4.93. The predicted molar refractivity (Wildman–Crippen MR) is 129 cm³/mol. The van der Waals surface area contributed by atoms with Gasteiger partial charge in [-0.15, -0.1) is 24.0 Å². The molecule has 29 heavy (non-hydrogen) atoms. The molecular weight excluding hydrogens is 481 g/mol. The molecule has 1 aromatic rings. The maximum absolute atomic E-state index is 12.0. The largest absolute Gasteiger partial charge is 0.379 e. The number of hydrogen-bond donors (Lipinski definition) is 2. The number of rotatable bonds is 7. The summed E-state index contributed by atoms with van der Waals surface area (Å²) in [5, 5.41) is 6.78. The molecule has 8 heteroatoms. The molecule has 0 aliphatic carbocycles. The molecule has 0 saturated carbocycles. The van der Waals surface area contributed by atoms with Crippen LogP contribution >= 0.6 is 24.0 Å². The van der Waals surface area contributed by atoms with Gasteiger partial charge in [-0.05, 0) is 38.5 Å². The summed E-state index contributed by atoms with van der Waals surface area (Å²) < 4.78 is 5.46. The van der Waals surface area contributed by atoms with E-state index in [4.69, 9.17) is 9.73 Å². The average molecular weight is 517 g/mol. The molecule has 0 bridgehead atoms. The summed E-state index contributed by atoms with van der Waals surface area (Å²) in [5.41, 5.74) is 1.78. The first-order valence-electron chi connectivity index (χ1n) is 9.99. The van der Waals surface area contributed by atoms with E-state index < -0.39 is 0 Å². The van der Waals surface area contributed by atoms with Crippen LogP contribution in [0.2, 0.25) is 0 Å². The van der Waals surface area contributed by atoms with E-state index in [2.05, 4.69) is 36.3 Å². The molecule has 1 saturated heterocycles. The van der Waals surface area contributed by atoms with Gasteiger partial charge in [-0.2, -0.15) is 0 Å². The molecule has 2 rings (SSSR count). The number of guanidine groups is 1. The monoisotopic (exact) mass is 517 g/mol. The number of amides is 1. The van der Waals surface area contributed by atoms with Crippen molar-refractivity contribution in [3.8, 4) is 0 Å². The molecule has 164 valence electrons. The topological polar surface area (TPSA) is 69.2 Å². The fraction of sp³-hybridized carbons (Fsp3) is 0.619. The molecule has 0 atom stereocenters. The quantitative estimate of drug-likeness (QED) is 0.330. The smallest absolute Gasteiger partial charge is 0.253 e. The van der Waals surface area contributed by atoms with Gasteiger partial charge in [0.05, 0.1) is 19.8 Å². The van der Waals surface area contributed by atoms with Crippen molar-refractivity contribution in [1.29, 1.82) is 0 Å². The Hall–Kier alpha value is -1.39. The number of halogens is 1. The van der Waals surface area contributed by atoms with Gasteiger partial charge in [0.25, 0.3) is 5.91 Å². The number of carbonyl (C=O) groups is 1. The molecule has 1 heterocycles. The van der Waals surface area contributed by atoms with Gasteiger partial charge in [0.1, 0.15) is 0 Å². The molecule has 0 unspecified atom stereocenters. The van der Waals surface area contributed by atoms with Crippen LogP contribution in [0.25, 0.3) is 0 Å². The SMILES string of the molecule is CCNC(=NCc1ccc(C(=O)N(C)C)cc1)NCC(C)(C)N1CCOCC1.I. The van der Waals surface area contributed by atoms with Crippen LogP contribution in [0.1, 0.15) is 36.7 Å². The lowest BCUT2D eigenvalue weighted by Crippen LogP contribution is -2.56. The van der Waals surface area contributed by atoms with E-state index in [0.717, 1.165) is 50.9 Å². The maximum atomic E-state index is 12.0. The molecule has 1 aliphatic rings. The Morgan fingerprint density at radius 2 is 1.79 bits per heavy atom. The van der Waals surface area contributed by atoms with Gasteiger partial charge in [-0.1, -0.05) is 12.1 Å². The third-order valence-electron chi connectivity index (χ3n) is 4.93. The first-order valence-corrected chi connectivity index (χ1v) is 9.99. The molecule has 0 spiro atoms. The van der Waals surface area contributed by atoms with Crippen LogP contribution in [0.4, 0.5) is 0 Å². The predicted octanol–water partition coefficient (Wildman–Crippen LogP) is 2.17. The molecule has 0 radical (unpaired) electrons. The van der Waals surface area contributed by atoms with Crippen LogP contribution in [-0.4, -0.2) is 80.7 Å². The molecule has 2 N–H and O–H groups in total. The number of hydrogen-bond acceptors (Lipinski definition) is 4. The van der Waals surface area contributed by atoms with E-state index in [-0.39, 0.29) is 35.4 Å². The zero-order valence-corrected chi connectivity index (χ0v) is 20.7. The number of benzene rings is 1. The minimum Gasteiger partial charge on any atom is -0.379 e. The molecule has 7 nitrogen and oxygen atoms in total.